The molecule has 0 saturated carbocycles. The summed E-state index contributed by atoms with van der Waals surface area (Å²) in [4.78, 5) is 13.2. The monoisotopic (exact) mass is 440 g/mol. The standard InChI is InChI=1S/C22H16N8OS/c1-31-14-9-18-22(25-10-14)17(6-7-23-18)24-11-21-28-27-20-5-4-15(29-30(20)21)13-2-3-16-19(8-13)32-12-26-16/h2-10,12H,11H2,1H3,(H,23,24). The van der Waals surface area contributed by atoms with Crippen LogP contribution in [-0.4, -0.2) is 41.9 Å². The van der Waals surface area contributed by atoms with Crippen LogP contribution in [0, 0.1) is 0 Å². The van der Waals surface area contributed by atoms with Crippen molar-refractivity contribution in [2.24, 2.45) is 0 Å². The number of benzene rings is 1. The van der Waals surface area contributed by atoms with E-state index in [0.29, 0.717) is 23.8 Å². The van der Waals surface area contributed by atoms with E-state index in [4.69, 9.17) is 9.84 Å². The summed E-state index contributed by atoms with van der Waals surface area (Å²) >= 11 is 1.61. The van der Waals surface area contributed by atoms with Gasteiger partial charge in [-0.05, 0) is 30.3 Å². The zero-order valence-electron chi connectivity index (χ0n) is 16.9. The lowest BCUT2D eigenvalue weighted by Gasteiger charge is -2.09. The summed E-state index contributed by atoms with van der Waals surface area (Å²) in [5.41, 5.74) is 7.75. The fourth-order valence-electron chi connectivity index (χ4n) is 3.55. The van der Waals surface area contributed by atoms with Crippen molar-refractivity contribution in [2.45, 2.75) is 6.54 Å². The largest absolute Gasteiger partial charge is 0.495 e. The molecule has 0 fully saturated rings. The Morgan fingerprint density at radius 2 is 1.97 bits per heavy atom. The SMILES string of the molecule is COc1cnc2c(NCc3nnc4ccc(-c5ccc6ncsc6c5)nn34)ccnc2c1. The molecule has 1 N–H and O–H groups in total. The minimum Gasteiger partial charge on any atom is -0.495 e. The Kier molecular flexibility index (Phi) is 4.36. The molecule has 0 spiro atoms. The average molecular weight is 440 g/mol. The van der Waals surface area contributed by atoms with Gasteiger partial charge in [-0.3, -0.25) is 4.98 Å². The van der Waals surface area contributed by atoms with Crippen LogP contribution in [0.2, 0.25) is 0 Å². The highest BCUT2D eigenvalue weighted by Crippen LogP contribution is 2.26. The van der Waals surface area contributed by atoms with E-state index < -0.39 is 0 Å². The first-order valence-electron chi connectivity index (χ1n) is 9.86. The summed E-state index contributed by atoms with van der Waals surface area (Å²) in [5, 5.41) is 16.7. The Balaban J connectivity index is 1.32. The molecule has 5 heterocycles. The maximum absolute atomic E-state index is 5.24. The zero-order chi connectivity index (χ0) is 21.5. The summed E-state index contributed by atoms with van der Waals surface area (Å²) in [6.45, 7) is 0.429. The number of pyridine rings is 2. The third kappa shape index (κ3) is 3.17. The third-order valence-corrected chi connectivity index (χ3v) is 5.97. The molecular weight excluding hydrogens is 424 g/mol. The van der Waals surface area contributed by atoms with E-state index in [9.17, 15) is 0 Å². The number of hydrogen-bond acceptors (Lipinski definition) is 9. The van der Waals surface area contributed by atoms with Crippen LogP contribution in [-0.2, 0) is 6.54 Å². The number of anilines is 1. The number of rotatable bonds is 5. The quantitative estimate of drug-likeness (QED) is 0.430. The van der Waals surface area contributed by atoms with E-state index >= 15 is 0 Å². The average Bonchev–Trinajstić information content (AvgIpc) is 3.48. The predicted molar refractivity (Wildman–Crippen MR) is 123 cm³/mol. The first kappa shape index (κ1) is 18.6. The maximum Gasteiger partial charge on any atom is 0.178 e. The number of methoxy groups -OCH3 is 1. The number of hydrogen-bond donors (Lipinski definition) is 1. The molecule has 0 saturated heterocycles. The lowest BCUT2D eigenvalue weighted by atomic mass is 10.1. The van der Waals surface area contributed by atoms with Crippen LogP contribution in [0.15, 0.2) is 60.4 Å². The van der Waals surface area contributed by atoms with Crippen molar-refractivity contribution < 1.29 is 4.74 Å². The summed E-state index contributed by atoms with van der Waals surface area (Å²) in [6.07, 6.45) is 3.41. The fourth-order valence-corrected chi connectivity index (χ4v) is 4.27. The molecule has 156 valence electrons. The Hall–Kier alpha value is -4.18. The van der Waals surface area contributed by atoms with Crippen molar-refractivity contribution in [1.29, 1.82) is 0 Å². The van der Waals surface area contributed by atoms with Crippen molar-refractivity contribution in [3.63, 3.8) is 0 Å². The van der Waals surface area contributed by atoms with Crippen LogP contribution >= 0.6 is 11.3 Å². The number of aromatic nitrogens is 7. The van der Waals surface area contributed by atoms with Crippen LogP contribution in [0.25, 0.3) is 38.2 Å². The van der Waals surface area contributed by atoms with Crippen LogP contribution in [0.3, 0.4) is 0 Å². The molecule has 0 aliphatic heterocycles. The highest BCUT2D eigenvalue weighted by molar-refractivity contribution is 7.16. The predicted octanol–water partition coefficient (Wildman–Crippen LogP) is 3.96. The van der Waals surface area contributed by atoms with Crippen molar-refractivity contribution >= 4 is 43.9 Å². The van der Waals surface area contributed by atoms with Crippen LogP contribution in [0.5, 0.6) is 5.75 Å². The van der Waals surface area contributed by atoms with Crippen molar-refractivity contribution in [1.82, 2.24) is 34.8 Å². The van der Waals surface area contributed by atoms with Gasteiger partial charge in [-0.2, -0.15) is 9.61 Å². The molecule has 6 rings (SSSR count). The van der Waals surface area contributed by atoms with E-state index in [-0.39, 0.29) is 0 Å². The molecule has 9 nitrogen and oxygen atoms in total. The van der Waals surface area contributed by atoms with Gasteiger partial charge >= 0.3 is 0 Å². The topological polar surface area (TPSA) is 103 Å². The van der Waals surface area contributed by atoms with Crippen molar-refractivity contribution in [2.75, 3.05) is 12.4 Å². The van der Waals surface area contributed by atoms with Gasteiger partial charge in [0.15, 0.2) is 11.5 Å². The Labute approximate surface area is 185 Å². The van der Waals surface area contributed by atoms with E-state index in [2.05, 4.69) is 36.5 Å². The van der Waals surface area contributed by atoms with E-state index in [1.54, 1.807) is 35.4 Å². The van der Waals surface area contributed by atoms with Crippen molar-refractivity contribution in [3.8, 4) is 17.0 Å². The molecule has 0 atom stereocenters. The van der Waals surface area contributed by atoms with Gasteiger partial charge in [-0.25, -0.2) is 9.97 Å². The molecule has 0 unspecified atom stereocenters. The fraction of sp³-hybridized carbons (Fsp3) is 0.0909. The van der Waals surface area contributed by atoms with Crippen LogP contribution in [0.1, 0.15) is 5.82 Å². The minimum atomic E-state index is 0.429. The van der Waals surface area contributed by atoms with Gasteiger partial charge in [0, 0.05) is 17.8 Å². The number of nitrogens with zero attached hydrogens (tertiary/aromatic N) is 7. The number of thiazole rings is 1. The summed E-state index contributed by atoms with van der Waals surface area (Å²) in [5.74, 6) is 1.36. The molecule has 0 aliphatic carbocycles. The molecule has 0 radical (unpaired) electrons. The Morgan fingerprint density at radius 1 is 1.00 bits per heavy atom. The molecule has 10 heteroatoms. The van der Waals surface area contributed by atoms with Gasteiger partial charge in [0.1, 0.15) is 11.3 Å². The molecule has 0 aliphatic rings. The second-order valence-electron chi connectivity index (χ2n) is 7.09. The third-order valence-electron chi connectivity index (χ3n) is 5.18. The van der Waals surface area contributed by atoms with E-state index in [1.807, 2.05) is 41.9 Å². The van der Waals surface area contributed by atoms with Gasteiger partial charge < -0.3 is 10.1 Å². The summed E-state index contributed by atoms with van der Waals surface area (Å²) < 4.78 is 8.13. The lowest BCUT2D eigenvalue weighted by Crippen LogP contribution is -2.07. The minimum absolute atomic E-state index is 0.429. The first-order chi connectivity index (χ1) is 15.8. The van der Waals surface area contributed by atoms with Crippen molar-refractivity contribution in [3.05, 3.63) is 66.2 Å². The zero-order valence-corrected chi connectivity index (χ0v) is 17.7. The molecule has 6 aromatic rings. The van der Waals surface area contributed by atoms with Gasteiger partial charge in [0.2, 0.25) is 0 Å². The second kappa shape index (κ2) is 7.50. The maximum atomic E-state index is 5.24. The highest BCUT2D eigenvalue weighted by Gasteiger charge is 2.11. The van der Waals surface area contributed by atoms with Gasteiger partial charge in [-0.1, -0.05) is 6.07 Å². The Morgan fingerprint density at radius 3 is 2.91 bits per heavy atom. The van der Waals surface area contributed by atoms with Crippen LogP contribution in [0.4, 0.5) is 5.69 Å². The molecule has 0 bridgehead atoms. The normalized spacial score (nSPS) is 11.4. The lowest BCUT2D eigenvalue weighted by molar-refractivity contribution is 0.413. The van der Waals surface area contributed by atoms with Gasteiger partial charge in [0.25, 0.3) is 0 Å². The molecule has 5 aromatic heterocycles. The van der Waals surface area contributed by atoms with Gasteiger partial charge in [-0.15, -0.1) is 21.5 Å². The Bertz CT molecular complexity index is 1590. The van der Waals surface area contributed by atoms with E-state index in [1.165, 1.54) is 0 Å². The molecule has 32 heavy (non-hydrogen) atoms. The first-order valence-corrected chi connectivity index (χ1v) is 10.7. The summed E-state index contributed by atoms with van der Waals surface area (Å²) in [6, 6.07) is 13.8. The van der Waals surface area contributed by atoms with Gasteiger partial charge in [0.05, 0.1) is 52.5 Å². The molecule has 0 amide bonds. The smallest absolute Gasteiger partial charge is 0.178 e. The summed E-state index contributed by atoms with van der Waals surface area (Å²) in [7, 11) is 1.61. The molecular formula is C22H16N8OS. The number of fused-ring (bicyclic) bond motifs is 3. The highest BCUT2D eigenvalue weighted by atomic mass is 32.1. The molecule has 1 aromatic carbocycles. The van der Waals surface area contributed by atoms with Crippen LogP contribution < -0.4 is 10.1 Å². The number of nitrogens with one attached hydrogen (secondary N) is 1. The van der Waals surface area contributed by atoms with E-state index in [0.717, 1.165) is 38.2 Å². The second-order valence-corrected chi connectivity index (χ2v) is 7.98. The number of ether oxygens (including phenoxy) is 1.